The van der Waals surface area contributed by atoms with Gasteiger partial charge in [-0.1, -0.05) is 242 Å². The van der Waals surface area contributed by atoms with E-state index in [4.69, 9.17) is 0 Å². The third kappa shape index (κ3) is 13.2. The van der Waals surface area contributed by atoms with E-state index in [1.54, 1.807) is 0 Å². The minimum absolute atomic E-state index is 0.759. The Bertz CT molecular complexity index is 2560. The van der Waals surface area contributed by atoms with Gasteiger partial charge >= 0.3 is 0 Å². The maximum atomic E-state index is 13.7. The summed E-state index contributed by atoms with van der Waals surface area (Å²) in [5.74, 6) is 0. The summed E-state index contributed by atoms with van der Waals surface area (Å²) in [4.78, 5) is 0. The first-order valence-electron chi connectivity index (χ1n) is 27.8. The molecule has 366 valence electrons. The molecular weight excluding hydrogens is 865 g/mol. The Morgan fingerprint density at radius 2 is 0.750 bits per heavy atom. The Morgan fingerprint density at radius 1 is 0.353 bits per heavy atom. The number of unbranched alkanes of at least 4 members (excludes halogenated alkanes) is 20. The molecule has 2 nitrogen and oxygen atoms in total. The predicted octanol–water partition coefficient (Wildman–Crippen LogP) is 21.1. The van der Waals surface area contributed by atoms with Crippen LogP contribution in [0.5, 0.6) is 0 Å². The van der Waals surface area contributed by atoms with Gasteiger partial charge in [-0.25, -0.2) is 0 Å². The standard InChI is InChI=1S/C64H86O2S2/c1-5-9-13-17-21-29-43-63(65,44-30-22-18-14-10-6-2)56-48-50(37-39-51(56)49-38-41-59-55(47-49)53-33-25-27-35-57(53)67-59)52-40-42-60-61(54-34-26-28-36-58(54)68-60)62(52)64(66,45-31-23-19-15-11-7-3)46-32-24-20-16-12-8-4/h25-28,33-42,47-48,65-66H,5-24,29-32,43-46H2,1-4H3. The van der Waals surface area contributed by atoms with Gasteiger partial charge in [-0.15, -0.1) is 22.7 Å². The van der Waals surface area contributed by atoms with E-state index in [9.17, 15) is 10.2 Å². The van der Waals surface area contributed by atoms with Crippen LogP contribution in [-0.2, 0) is 11.2 Å². The molecule has 0 atom stereocenters. The summed E-state index contributed by atoms with van der Waals surface area (Å²) in [5, 5.41) is 32.4. The van der Waals surface area contributed by atoms with Crippen LogP contribution in [-0.4, -0.2) is 10.2 Å². The van der Waals surface area contributed by atoms with Crippen molar-refractivity contribution >= 4 is 63.0 Å². The normalized spacial score (nSPS) is 12.4. The van der Waals surface area contributed by atoms with Crippen LogP contribution in [0.25, 0.3) is 62.6 Å². The van der Waals surface area contributed by atoms with E-state index < -0.39 is 11.2 Å². The molecule has 0 bridgehead atoms. The lowest BCUT2D eigenvalue weighted by atomic mass is 9.75. The van der Waals surface area contributed by atoms with Gasteiger partial charge in [0.15, 0.2) is 0 Å². The maximum absolute atomic E-state index is 13.7. The van der Waals surface area contributed by atoms with Crippen molar-refractivity contribution in [1.82, 2.24) is 0 Å². The number of hydrogen-bond donors (Lipinski definition) is 2. The first-order valence-corrected chi connectivity index (χ1v) is 29.4. The molecule has 2 aromatic heterocycles. The van der Waals surface area contributed by atoms with Crippen LogP contribution >= 0.6 is 22.7 Å². The van der Waals surface area contributed by atoms with Crippen molar-refractivity contribution in [2.24, 2.45) is 0 Å². The van der Waals surface area contributed by atoms with Crippen molar-refractivity contribution in [2.75, 3.05) is 0 Å². The molecule has 0 aliphatic rings. The van der Waals surface area contributed by atoms with E-state index in [-0.39, 0.29) is 0 Å². The van der Waals surface area contributed by atoms with Gasteiger partial charge in [0.2, 0.25) is 0 Å². The van der Waals surface area contributed by atoms with Gasteiger partial charge in [-0.3, -0.25) is 0 Å². The van der Waals surface area contributed by atoms with Gasteiger partial charge < -0.3 is 10.2 Å². The molecule has 0 saturated heterocycles. The van der Waals surface area contributed by atoms with Gasteiger partial charge in [0.1, 0.15) is 0 Å². The van der Waals surface area contributed by atoms with Crippen LogP contribution in [0.15, 0.2) is 97.1 Å². The fraction of sp³-hybridized carbons (Fsp3) is 0.531. The molecule has 0 spiro atoms. The van der Waals surface area contributed by atoms with Crippen LogP contribution in [0.4, 0.5) is 0 Å². The number of aliphatic hydroxyl groups is 2. The van der Waals surface area contributed by atoms with Crippen molar-refractivity contribution in [3.63, 3.8) is 0 Å². The highest BCUT2D eigenvalue weighted by Gasteiger charge is 2.36. The van der Waals surface area contributed by atoms with Gasteiger partial charge in [-0.2, -0.15) is 0 Å². The second-order valence-corrected chi connectivity index (χ2v) is 22.8. The third-order valence-electron chi connectivity index (χ3n) is 15.3. The second kappa shape index (κ2) is 26.6. The summed E-state index contributed by atoms with van der Waals surface area (Å²) in [6, 6.07) is 36.4. The monoisotopic (exact) mass is 951 g/mol. The highest BCUT2D eigenvalue weighted by Crippen LogP contribution is 2.50. The molecular formula is C64H86O2S2. The average Bonchev–Trinajstić information content (AvgIpc) is 3.93. The molecule has 0 fully saturated rings. The first kappa shape index (κ1) is 52.3. The van der Waals surface area contributed by atoms with Crippen molar-refractivity contribution in [3.8, 4) is 22.3 Å². The number of rotatable bonds is 32. The molecule has 2 heterocycles. The predicted molar refractivity (Wildman–Crippen MR) is 303 cm³/mol. The molecule has 68 heavy (non-hydrogen) atoms. The molecule has 2 N–H and O–H groups in total. The van der Waals surface area contributed by atoms with E-state index >= 15 is 0 Å². The Labute approximate surface area is 420 Å². The van der Waals surface area contributed by atoms with Crippen LogP contribution in [0.3, 0.4) is 0 Å². The Balaban J connectivity index is 1.40. The van der Waals surface area contributed by atoms with Crippen molar-refractivity contribution < 1.29 is 10.2 Å². The smallest absolute Gasteiger partial charge is 0.0909 e. The number of fused-ring (bicyclic) bond motifs is 6. The minimum atomic E-state index is -0.987. The van der Waals surface area contributed by atoms with Gasteiger partial charge in [0.25, 0.3) is 0 Å². The third-order valence-corrected chi connectivity index (χ3v) is 17.6. The topological polar surface area (TPSA) is 40.5 Å². The Kier molecular flexibility index (Phi) is 20.5. The molecule has 4 heteroatoms. The summed E-state index contributed by atoms with van der Waals surface area (Å²) in [7, 11) is 0. The van der Waals surface area contributed by atoms with E-state index in [1.165, 1.54) is 149 Å². The van der Waals surface area contributed by atoms with Gasteiger partial charge in [0.05, 0.1) is 11.2 Å². The molecule has 7 rings (SSSR count). The van der Waals surface area contributed by atoms with Crippen LogP contribution < -0.4 is 0 Å². The van der Waals surface area contributed by atoms with Gasteiger partial charge in [0, 0.05) is 45.9 Å². The lowest BCUT2D eigenvalue weighted by molar-refractivity contribution is 0.0138. The Morgan fingerprint density at radius 3 is 1.31 bits per heavy atom. The molecule has 7 aromatic rings. The summed E-state index contributed by atoms with van der Waals surface area (Å²) in [6.07, 6.45) is 31.8. The van der Waals surface area contributed by atoms with E-state index in [1.807, 2.05) is 22.7 Å². The second-order valence-electron chi connectivity index (χ2n) is 20.7. The molecule has 0 radical (unpaired) electrons. The van der Waals surface area contributed by atoms with E-state index in [0.717, 1.165) is 105 Å². The van der Waals surface area contributed by atoms with E-state index in [0.29, 0.717) is 0 Å². The molecule has 0 unspecified atom stereocenters. The Hall–Kier alpha value is -3.54. The SMILES string of the molecule is CCCCCCCCC(O)(CCCCCCCC)c1cc(-c2ccc3sc4ccccc4c3c2C(O)(CCCCCCCC)CCCCCCCC)ccc1-c1ccc2sc3ccccc3c2c1. The fourth-order valence-electron chi connectivity index (χ4n) is 11.3. The van der Waals surface area contributed by atoms with Crippen LogP contribution in [0, 0.1) is 0 Å². The lowest BCUT2D eigenvalue weighted by Gasteiger charge is -2.34. The summed E-state index contributed by atoms with van der Waals surface area (Å²) >= 11 is 3.73. The molecule has 0 aliphatic heterocycles. The zero-order chi connectivity index (χ0) is 47.6. The number of benzene rings is 5. The fourth-order valence-corrected chi connectivity index (χ4v) is 13.5. The zero-order valence-corrected chi connectivity index (χ0v) is 44.4. The van der Waals surface area contributed by atoms with Crippen LogP contribution in [0.1, 0.15) is 219 Å². The lowest BCUT2D eigenvalue weighted by Crippen LogP contribution is -2.28. The van der Waals surface area contributed by atoms with Gasteiger partial charge in [-0.05, 0) is 89.9 Å². The largest absolute Gasteiger partial charge is 0.385 e. The molecule has 5 aromatic carbocycles. The number of thiophene rings is 2. The van der Waals surface area contributed by atoms with Crippen molar-refractivity contribution in [3.05, 3.63) is 108 Å². The zero-order valence-electron chi connectivity index (χ0n) is 42.7. The molecule has 0 aliphatic carbocycles. The summed E-state index contributed by atoms with van der Waals surface area (Å²) < 4.78 is 5.15. The number of hydrogen-bond acceptors (Lipinski definition) is 4. The quantitative estimate of drug-likeness (QED) is 0.0413. The van der Waals surface area contributed by atoms with E-state index in [2.05, 4.69) is 125 Å². The molecule has 0 saturated carbocycles. The first-order chi connectivity index (χ1) is 33.3. The highest BCUT2D eigenvalue weighted by molar-refractivity contribution is 7.26. The van der Waals surface area contributed by atoms with Crippen LogP contribution in [0.2, 0.25) is 0 Å². The minimum Gasteiger partial charge on any atom is -0.385 e. The molecule has 0 amide bonds. The average molecular weight is 952 g/mol. The van der Waals surface area contributed by atoms with Crippen molar-refractivity contribution in [1.29, 1.82) is 0 Å². The summed E-state index contributed by atoms with van der Waals surface area (Å²) in [5.41, 5.74) is 4.78. The maximum Gasteiger partial charge on any atom is 0.0909 e. The summed E-state index contributed by atoms with van der Waals surface area (Å²) in [6.45, 7) is 9.16. The van der Waals surface area contributed by atoms with Crippen molar-refractivity contribution in [2.45, 2.75) is 219 Å². The highest BCUT2D eigenvalue weighted by atomic mass is 32.1.